The summed E-state index contributed by atoms with van der Waals surface area (Å²) < 4.78 is 25.4. The normalized spacial score (nSPS) is 10.9. The highest BCUT2D eigenvalue weighted by Crippen LogP contribution is 2.24. The molecule has 1 heterocycles. The van der Waals surface area contributed by atoms with Gasteiger partial charge in [0.25, 0.3) is 11.5 Å². The molecule has 4 aromatic rings. The molecule has 0 radical (unpaired) electrons. The number of methoxy groups -OCH3 is 2. The first-order valence-electron chi connectivity index (χ1n) is 11.3. The van der Waals surface area contributed by atoms with E-state index < -0.39 is 11.4 Å². The van der Waals surface area contributed by atoms with Gasteiger partial charge in [-0.25, -0.2) is 9.37 Å². The Bertz CT molecular complexity index is 1500. The number of hydrogen-bond donors (Lipinski definition) is 1. The third kappa shape index (κ3) is 6.04. The second kappa shape index (κ2) is 11.8. The lowest BCUT2D eigenvalue weighted by molar-refractivity contribution is 0.0936. The van der Waals surface area contributed by atoms with E-state index in [1.54, 1.807) is 37.4 Å². The van der Waals surface area contributed by atoms with Gasteiger partial charge in [-0.2, -0.15) is 0 Å². The van der Waals surface area contributed by atoms with Gasteiger partial charge in [0.15, 0.2) is 10.9 Å². The molecule has 0 spiro atoms. The molecule has 0 atom stereocenters. The fraction of sp³-hybridized carbons (Fsp3) is 0.185. The lowest BCUT2D eigenvalue weighted by atomic mass is 10.1. The predicted molar refractivity (Wildman–Crippen MR) is 140 cm³/mol. The Morgan fingerprint density at radius 3 is 2.49 bits per heavy atom. The molecule has 0 unspecified atom stereocenters. The van der Waals surface area contributed by atoms with Crippen molar-refractivity contribution in [3.63, 3.8) is 0 Å². The Labute approximate surface area is 216 Å². The minimum absolute atomic E-state index is 0.0171. The topological polar surface area (TPSA) is 99.5 Å². The molecular formula is C27H24FN3O5S. The van der Waals surface area contributed by atoms with Crippen LogP contribution in [0.25, 0.3) is 16.6 Å². The lowest BCUT2D eigenvalue weighted by Gasteiger charge is -2.14. The largest absolute Gasteiger partial charge is 0.497 e. The van der Waals surface area contributed by atoms with Crippen LogP contribution in [0, 0.1) is 5.82 Å². The van der Waals surface area contributed by atoms with Gasteiger partial charge < -0.3 is 14.8 Å². The maximum atomic E-state index is 14.0. The van der Waals surface area contributed by atoms with E-state index in [0.29, 0.717) is 30.0 Å². The molecule has 10 heteroatoms. The van der Waals surface area contributed by atoms with Crippen LogP contribution in [0.3, 0.4) is 0 Å². The van der Waals surface area contributed by atoms with Crippen LogP contribution in [0.15, 0.2) is 76.7 Å². The summed E-state index contributed by atoms with van der Waals surface area (Å²) in [7, 11) is 3.08. The second-order valence-electron chi connectivity index (χ2n) is 7.94. The van der Waals surface area contributed by atoms with Crippen LogP contribution >= 0.6 is 11.8 Å². The maximum absolute atomic E-state index is 14.0. The zero-order chi connectivity index (χ0) is 26.4. The lowest BCUT2D eigenvalue weighted by Crippen LogP contribution is -2.27. The zero-order valence-corrected chi connectivity index (χ0v) is 21.0. The number of ether oxygens (including phenoxy) is 2. The van der Waals surface area contributed by atoms with Crippen LogP contribution in [0.2, 0.25) is 0 Å². The summed E-state index contributed by atoms with van der Waals surface area (Å²) in [4.78, 5) is 43.4. The first-order valence-corrected chi connectivity index (χ1v) is 12.3. The number of benzene rings is 3. The molecule has 8 nitrogen and oxygen atoms in total. The van der Waals surface area contributed by atoms with Gasteiger partial charge >= 0.3 is 0 Å². The molecule has 1 aromatic heterocycles. The number of aromatic nitrogens is 2. The van der Waals surface area contributed by atoms with Crippen LogP contribution in [0.1, 0.15) is 20.7 Å². The van der Waals surface area contributed by atoms with E-state index in [9.17, 15) is 18.8 Å². The van der Waals surface area contributed by atoms with Gasteiger partial charge in [-0.05, 0) is 60.7 Å². The van der Waals surface area contributed by atoms with E-state index >= 15 is 0 Å². The standard InChI is InChI=1S/C27H24FN3O5S/c1-35-13-12-29-25(33)18-8-11-22-23(14-18)30-27(31(26(22)34)20-5-3-4-19(28)15-20)37-16-24(32)17-6-9-21(36-2)10-7-17/h3-11,14-15H,12-13,16H2,1-2H3,(H,29,33). The number of thioether (sulfide) groups is 1. The quantitative estimate of drug-likeness (QED) is 0.146. The van der Waals surface area contributed by atoms with E-state index in [0.717, 1.165) is 11.8 Å². The molecule has 1 N–H and O–H groups in total. The van der Waals surface area contributed by atoms with Crippen LogP contribution in [-0.4, -0.2) is 54.4 Å². The SMILES string of the molecule is COCCNC(=O)c1ccc2c(=O)n(-c3cccc(F)c3)c(SCC(=O)c3ccc(OC)cc3)nc2c1. The van der Waals surface area contributed by atoms with E-state index in [-0.39, 0.29) is 39.2 Å². The molecular weight excluding hydrogens is 497 g/mol. The minimum atomic E-state index is -0.516. The van der Waals surface area contributed by atoms with Gasteiger partial charge in [-0.1, -0.05) is 17.8 Å². The summed E-state index contributed by atoms with van der Waals surface area (Å²) in [6, 6.07) is 16.8. The molecule has 0 saturated carbocycles. The molecule has 0 aliphatic heterocycles. The molecule has 37 heavy (non-hydrogen) atoms. The van der Waals surface area contributed by atoms with Crippen molar-refractivity contribution in [2.75, 3.05) is 33.1 Å². The minimum Gasteiger partial charge on any atom is -0.497 e. The number of ketones is 1. The third-order valence-corrected chi connectivity index (χ3v) is 6.44. The second-order valence-corrected chi connectivity index (χ2v) is 8.88. The average Bonchev–Trinajstić information content (AvgIpc) is 2.91. The van der Waals surface area contributed by atoms with E-state index in [2.05, 4.69) is 10.3 Å². The highest BCUT2D eigenvalue weighted by molar-refractivity contribution is 7.99. The number of nitrogens with zero attached hydrogens (tertiary/aromatic N) is 2. The highest BCUT2D eigenvalue weighted by atomic mass is 32.2. The highest BCUT2D eigenvalue weighted by Gasteiger charge is 2.17. The number of nitrogens with one attached hydrogen (secondary N) is 1. The smallest absolute Gasteiger partial charge is 0.266 e. The first-order chi connectivity index (χ1) is 17.9. The first kappa shape index (κ1) is 26.1. The van der Waals surface area contributed by atoms with Crippen LogP contribution in [0.5, 0.6) is 5.75 Å². The molecule has 0 aliphatic carbocycles. The molecule has 0 aliphatic rings. The molecule has 0 bridgehead atoms. The van der Waals surface area contributed by atoms with Gasteiger partial charge in [-0.15, -0.1) is 0 Å². The number of carbonyl (C=O) groups excluding carboxylic acids is 2. The van der Waals surface area contributed by atoms with Gasteiger partial charge in [0, 0.05) is 24.8 Å². The fourth-order valence-electron chi connectivity index (χ4n) is 3.61. The third-order valence-electron chi connectivity index (χ3n) is 5.50. The number of halogens is 1. The van der Waals surface area contributed by atoms with Crippen molar-refractivity contribution in [2.45, 2.75) is 5.16 Å². The van der Waals surface area contributed by atoms with Crippen molar-refractivity contribution in [2.24, 2.45) is 0 Å². The Balaban J connectivity index is 1.72. The average molecular weight is 522 g/mol. The van der Waals surface area contributed by atoms with Crippen molar-refractivity contribution in [3.05, 3.63) is 94.0 Å². The van der Waals surface area contributed by atoms with Crippen molar-refractivity contribution in [1.82, 2.24) is 14.9 Å². The molecule has 4 rings (SSSR count). The van der Waals surface area contributed by atoms with Gasteiger partial charge in [-0.3, -0.25) is 19.0 Å². The Kier molecular flexibility index (Phi) is 8.32. The Hall–Kier alpha value is -4.02. The van der Waals surface area contributed by atoms with Crippen molar-refractivity contribution < 1.29 is 23.5 Å². The number of carbonyl (C=O) groups is 2. The Morgan fingerprint density at radius 1 is 1.03 bits per heavy atom. The number of fused-ring (bicyclic) bond motifs is 1. The summed E-state index contributed by atoms with van der Waals surface area (Å²) in [6.07, 6.45) is 0. The maximum Gasteiger partial charge on any atom is 0.266 e. The molecule has 0 fully saturated rings. The number of hydrogen-bond acceptors (Lipinski definition) is 7. The predicted octanol–water partition coefficient (Wildman–Crippen LogP) is 3.88. The molecule has 190 valence electrons. The number of Topliss-reactive ketones (excluding diaryl/α,β-unsaturated/α-hetero) is 1. The van der Waals surface area contributed by atoms with E-state index in [1.807, 2.05) is 0 Å². The number of amides is 1. The Morgan fingerprint density at radius 2 is 1.78 bits per heavy atom. The van der Waals surface area contributed by atoms with Crippen LogP contribution in [-0.2, 0) is 4.74 Å². The molecule has 0 saturated heterocycles. The summed E-state index contributed by atoms with van der Waals surface area (Å²) in [5.41, 5.74) is 0.922. The van der Waals surface area contributed by atoms with Crippen LogP contribution < -0.4 is 15.6 Å². The summed E-state index contributed by atoms with van der Waals surface area (Å²) in [5.74, 6) is -0.421. The summed E-state index contributed by atoms with van der Waals surface area (Å²) >= 11 is 1.05. The van der Waals surface area contributed by atoms with Crippen molar-refractivity contribution in [1.29, 1.82) is 0 Å². The van der Waals surface area contributed by atoms with E-state index in [1.165, 1.54) is 48.1 Å². The van der Waals surface area contributed by atoms with Gasteiger partial charge in [0.1, 0.15) is 11.6 Å². The van der Waals surface area contributed by atoms with Crippen molar-refractivity contribution >= 4 is 34.4 Å². The number of rotatable bonds is 10. The summed E-state index contributed by atoms with van der Waals surface area (Å²) in [6.45, 7) is 0.690. The zero-order valence-electron chi connectivity index (χ0n) is 20.2. The van der Waals surface area contributed by atoms with Gasteiger partial charge in [0.2, 0.25) is 0 Å². The van der Waals surface area contributed by atoms with E-state index in [4.69, 9.17) is 9.47 Å². The van der Waals surface area contributed by atoms with Crippen molar-refractivity contribution in [3.8, 4) is 11.4 Å². The molecule has 3 aromatic carbocycles. The monoisotopic (exact) mass is 521 g/mol. The van der Waals surface area contributed by atoms with Crippen LogP contribution in [0.4, 0.5) is 4.39 Å². The molecule has 1 amide bonds. The summed E-state index contributed by atoms with van der Waals surface area (Å²) in [5, 5.41) is 3.18. The fourth-order valence-corrected chi connectivity index (χ4v) is 4.51. The van der Waals surface area contributed by atoms with Gasteiger partial charge in [0.05, 0.1) is 36.1 Å².